The third-order valence-electron chi connectivity index (χ3n) is 25.1. The Kier molecular flexibility index (Phi) is 22.0. The fourth-order valence-electron chi connectivity index (χ4n) is 17.8. The van der Waals surface area contributed by atoms with E-state index in [2.05, 4.69) is 129 Å². The number of ketones is 2. The number of fused-ring (bicyclic) bond motifs is 6. The van der Waals surface area contributed by atoms with E-state index in [1.165, 1.54) is 25.5 Å². The molecule has 3 aromatic carbocycles. The van der Waals surface area contributed by atoms with Crippen molar-refractivity contribution in [2.75, 3.05) is 16.0 Å². The van der Waals surface area contributed by atoms with Gasteiger partial charge >= 0.3 is 0 Å². The minimum atomic E-state index is -0.650. The SMILES string of the molecule is CC(=O)c1nn(CC(=O)N2[C@H](C(=O)Nc3nc(-c4ccccn4)ccc3C)C[C@@]3(C)C[C@@H]23)c2ccc(-c3cnc(C)nc3)cc12.CC(=O)c1nn(CC(=O)N2[C@H](C(=O)Nc3nc(Br)ccc3C)C[C@@]3(C)C[C@@H]23)c2ccc(-c3ccc(C)cn3)cc12.CC(=O)n1nc(CC(=O)N2[C@H](C(=O)Nc3nc(Br)ccc3C)C[C@@]3(C)C[C@@H]23)c2ccc(-c3cnc(C)nc3)cc21. The fraction of sp³-hybridized carbons (Fsp3) is 0.323. The molecule has 3 N–H and O–H groups in total. The van der Waals surface area contributed by atoms with Gasteiger partial charge in [0.05, 0.1) is 45.7 Å². The van der Waals surface area contributed by atoms with Crippen molar-refractivity contribution >= 4 is 135 Å². The average molecular weight is 1800 g/mol. The molecular formula is C93H89Br2N21O9. The molecule has 32 heteroatoms. The number of halogens is 2. The van der Waals surface area contributed by atoms with Gasteiger partial charge in [0.25, 0.3) is 0 Å². The first-order valence-corrected chi connectivity index (χ1v) is 42.9. The zero-order valence-electron chi connectivity index (χ0n) is 70.8. The van der Waals surface area contributed by atoms with Gasteiger partial charge in [-0.25, -0.2) is 39.6 Å². The highest BCUT2D eigenvalue weighted by atomic mass is 79.9. The van der Waals surface area contributed by atoms with Crippen LogP contribution in [0.15, 0.2) is 168 Å². The molecule has 19 rings (SSSR count). The first-order chi connectivity index (χ1) is 59.7. The molecule has 3 aliphatic heterocycles. The number of piperidine rings is 3. The van der Waals surface area contributed by atoms with Gasteiger partial charge in [-0.05, 0) is 228 Å². The number of aryl methyl sites for hydroxylation is 6. The summed E-state index contributed by atoms with van der Waals surface area (Å²) in [7, 11) is 0. The Bertz CT molecular complexity index is 6390. The highest BCUT2D eigenvalue weighted by molar-refractivity contribution is 9.10. The van der Waals surface area contributed by atoms with E-state index >= 15 is 0 Å². The number of carbonyl (C=O) groups is 9. The molecule has 10 aromatic heterocycles. The number of hydrogen-bond acceptors (Lipinski definition) is 21. The lowest BCUT2D eigenvalue weighted by atomic mass is 10.0. The van der Waals surface area contributed by atoms with E-state index in [-0.39, 0.29) is 112 Å². The van der Waals surface area contributed by atoms with Crippen molar-refractivity contribution in [1.82, 2.24) is 88.9 Å². The number of anilines is 3. The van der Waals surface area contributed by atoms with Crippen LogP contribution in [0.1, 0.15) is 145 Å². The molecule has 13 aromatic rings. The van der Waals surface area contributed by atoms with Crippen molar-refractivity contribution in [3.63, 3.8) is 0 Å². The van der Waals surface area contributed by atoms with Gasteiger partial charge in [-0.1, -0.05) is 75.4 Å². The van der Waals surface area contributed by atoms with E-state index in [1.807, 2.05) is 163 Å². The summed E-state index contributed by atoms with van der Waals surface area (Å²) < 4.78 is 5.71. The van der Waals surface area contributed by atoms with Crippen molar-refractivity contribution in [3.8, 4) is 44.9 Å². The van der Waals surface area contributed by atoms with Crippen molar-refractivity contribution in [3.05, 3.63) is 219 Å². The number of nitrogens with zero attached hydrogens (tertiary/aromatic N) is 18. The summed E-state index contributed by atoms with van der Waals surface area (Å²) in [4.78, 5) is 164. The number of pyridine rings is 5. The quantitative estimate of drug-likeness (QED) is 0.0530. The number of aromatic nitrogens is 15. The molecule has 30 nitrogen and oxygen atoms in total. The average Bonchev–Trinajstić information content (AvgIpc) is 1.55. The summed E-state index contributed by atoms with van der Waals surface area (Å²) in [5.74, 6) is 0.705. The summed E-state index contributed by atoms with van der Waals surface area (Å²) in [5, 5.41) is 24.5. The summed E-state index contributed by atoms with van der Waals surface area (Å²) in [5.41, 5.74) is 12.6. The van der Waals surface area contributed by atoms with Crippen molar-refractivity contribution < 1.29 is 43.2 Å². The van der Waals surface area contributed by atoms with Gasteiger partial charge in [0, 0.05) is 109 Å². The van der Waals surface area contributed by atoms with E-state index in [0.29, 0.717) is 113 Å². The van der Waals surface area contributed by atoms with Gasteiger partial charge < -0.3 is 30.7 Å². The Morgan fingerprint density at radius 3 is 1.30 bits per heavy atom. The normalized spacial score (nSPS) is 21.0. The molecule has 0 bridgehead atoms. The number of rotatable bonds is 18. The minimum absolute atomic E-state index is 0.000587. The van der Waals surface area contributed by atoms with Gasteiger partial charge in [0.15, 0.2) is 11.6 Å². The van der Waals surface area contributed by atoms with Crippen LogP contribution in [0.2, 0.25) is 0 Å². The molecule has 9 atom stereocenters. The monoisotopic (exact) mass is 1800 g/mol. The highest BCUT2D eigenvalue weighted by Gasteiger charge is 2.67. The number of likely N-dealkylation sites (tertiary alicyclic amines) is 3. The fourth-order valence-corrected chi connectivity index (χ4v) is 18.4. The Labute approximate surface area is 735 Å². The second-order valence-electron chi connectivity index (χ2n) is 34.5. The van der Waals surface area contributed by atoms with Crippen LogP contribution in [0.25, 0.3) is 77.6 Å². The molecule has 3 aliphatic carbocycles. The lowest BCUT2D eigenvalue weighted by Crippen LogP contribution is -2.47. The van der Waals surface area contributed by atoms with Gasteiger partial charge in [0.2, 0.25) is 41.4 Å². The molecule has 6 aliphatic rings. The summed E-state index contributed by atoms with van der Waals surface area (Å²) >= 11 is 6.71. The van der Waals surface area contributed by atoms with Crippen LogP contribution >= 0.6 is 31.9 Å². The van der Waals surface area contributed by atoms with Crippen LogP contribution < -0.4 is 16.0 Å². The summed E-state index contributed by atoms with van der Waals surface area (Å²) in [6.07, 6.45) is 14.7. The van der Waals surface area contributed by atoms with Gasteiger partial charge in [-0.2, -0.15) is 15.3 Å². The number of carbonyl (C=O) groups excluding carboxylic acids is 9. The van der Waals surface area contributed by atoms with E-state index in [0.717, 1.165) is 75.0 Å². The maximum atomic E-state index is 14.0. The maximum absolute atomic E-state index is 14.0. The van der Waals surface area contributed by atoms with Crippen LogP contribution in [-0.2, 0) is 48.3 Å². The minimum Gasteiger partial charge on any atom is -0.327 e. The number of amides is 6. The van der Waals surface area contributed by atoms with Crippen molar-refractivity contribution in [1.29, 1.82) is 0 Å². The molecule has 3 saturated heterocycles. The molecule has 0 spiro atoms. The maximum Gasteiger partial charge on any atom is 0.248 e. The predicted molar refractivity (Wildman–Crippen MR) is 475 cm³/mol. The molecule has 634 valence electrons. The van der Waals surface area contributed by atoms with Crippen LogP contribution in [-0.4, -0.2) is 178 Å². The van der Waals surface area contributed by atoms with Crippen LogP contribution in [0.4, 0.5) is 17.5 Å². The topological polar surface area (TPSA) is 369 Å². The van der Waals surface area contributed by atoms with Crippen LogP contribution in [0.5, 0.6) is 0 Å². The molecule has 0 unspecified atom stereocenters. The first kappa shape index (κ1) is 84.0. The molecular weight excluding hydrogens is 1710 g/mol. The van der Waals surface area contributed by atoms with E-state index in [1.54, 1.807) is 61.2 Å². The lowest BCUT2D eigenvalue weighted by molar-refractivity contribution is -0.138. The Morgan fingerprint density at radius 2 is 0.848 bits per heavy atom. The van der Waals surface area contributed by atoms with Crippen molar-refractivity contribution in [2.24, 2.45) is 16.2 Å². The second kappa shape index (κ2) is 32.8. The van der Waals surface area contributed by atoms with Crippen LogP contribution in [0.3, 0.4) is 0 Å². The Morgan fingerprint density at radius 1 is 0.408 bits per heavy atom. The van der Waals surface area contributed by atoms with E-state index in [9.17, 15) is 43.2 Å². The van der Waals surface area contributed by atoms with Gasteiger partial charge in [0.1, 0.15) is 80.9 Å². The van der Waals surface area contributed by atoms with Crippen LogP contribution in [0, 0.1) is 57.8 Å². The number of nitrogens with one attached hydrogen (secondary N) is 3. The molecule has 6 fully saturated rings. The van der Waals surface area contributed by atoms with Crippen molar-refractivity contribution in [2.45, 2.75) is 177 Å². The Balaban J connectivity index is 0.000000133. The summed E-state index contributed by atoms with van der Waals surface area (Å²) in [6, 6.07) is 35.7. The molecule has 0 radical (unpaired) electrons. The third-order valence-corrected chi connectivity index (χ3v) is 26.0. The van der Waals surface area contributed by atoms with Gasteiger partial charge in [-0.15, -0.1) is 0 Å². The molecule has 13 heterocycles. The molecule has 3 saturated carbocycles. The third kappa shape index (κ3) is 16.6. The zero-order valence-corrected chi connectivity index (χ0v) is 74.0. The molecule has 6 amide bonds. The lowest BCUT2D eigenvalue weighted by Gasteiger charge is -2.27. The number of Topliss-reactive ketones (excluding diaryl/α,β-unsaturated/α-hetero) is 2. The highest BCUT2D eigenvalue weighted by Crippen LogP contribution is 2.61. The van der Waals surface area contributed by atoms with Gasteiger partial charge in [-0.3, -0.25) is 62.5 Å². The largest absolute Gasteiger partial charge is 0.327 e. The number of benzene rings is 3. The van der Waals surface area contributed by atoms with E-state index in [4.69, 9.17) is 0 Å². The Hall–Kier alpha value is -13.2. The second-order valence-corrected chi connectivity index (χ2v) is 36.1. The standard InChI is InChI=1S/C34H32N8O3.C30H29BrN6O3.C29H28BrN7O3/c1-19-8-10-26(25-7-5-6-12-35-25)38-32(19)39-33(45)28-14-34(4)15-29(34)42(28)30(44)18-41-27-11-9-22(23-16-36-21(3)37-17-23)13-24(27)31(40-41)20(2)43;1-16-5-8-21(32-14-16)19-7-9-22-20(11-19)27(18(3)38)35-36(22)15-26(39)37-23(12-30(4)13-24(30)37)29(40)34-28-17(2)6-10-25(31)33-28;1-15-5-8-25(30)33-27(15)34-28(40)23-11-29(4)12-24(29)36(23)26(39)10-21-20-7-6-18(19-13-31-16(2)32-14-19)9-22(20)37(35-21)17(3)38/h5-13,16-17,28-29H,14-15,18H2,1-4H3,(H,38,39,45);5-11,14,23-24H,12-13,15H2,1-4H3,(H,33,34,40);5-9,13-14,23-24H,10-12H2,1-4H3,(H,33,34,40)/t28-,29+,34-;23-,24+,30-;23-,24+,29-/m000/s1. The smallest absolute Gasteiger partial charge is 0.248 e. The predicted octanol–water partition coefficient (Wildman–Crippen LogP) is 14.4. The zero-order chi connectivity index (χ0) is 88.1. The summed E-state index contributed by atoms with van der Waals surface area (Å²) in [6.45, 7) is 21.8. The number of hydrogen-bond donors (Lipinski definition) is 3. The van der Waals surface area contributed by atoms with E-state index < -0.39 is 18.1 Å². The molecule has 125 heavy (non-hydrogen) atoms. The first-order valence-electron chi connectivity index (χ1n) is 41.3.